The molecule has 1 aromatic heterocycles. The number of anilines is 1. The maximum Gasteiger partial charge on any atom is 0.250 e. The molecule has 2 aromatic rings. The van der Waals surface area contributed by atoms with E-state index in [1.807, 2.05) is 12.1 Å². The van der Waals surface area contributed by atoms with Gasteiger partial charge in [0.15, 0.2) is 5.82 Å². The van der Waals surface area contributed by atoms with Gasteiger partial charge in [-0.1, -0.05) is 12.1 Å². The summed E-state index contributed by atoms with van der Waals surface area (Å²) < 4.78 is 6.31. The van der Waals surface area contributed by atoms with Crippen molar-refractivity contribution in [2.75, 3.05) is 19.0 Å². The molecule has 0 bridgehead atoms. The number of amides is 1. The minimum absolute atomic E-state index is 0.0236. The smallest absolute Gasteiger partial charge is 0.250 e. The van der Waals surface area contributed by atoms with E-state index in [1.54, 1.807) is 23.9 Å². The van der Waals surface area contributed by atoms with Gasteiger partial charge in [-0.2, -0.15) is 0 Å². The lowest BCUT2D eigenvalue weighted by atomic mass is 10.2. The largest absolute Gasteiger partial charge is 0.375 e. The summed E-state index contributed by atoms with van der Waals surface area (Å²) in [5.41, 5.74) is 1.51. The Morgan fingerprint density at radius 1 is 1.50 bits per heavy atom. The van der Waals surface area contributed by atoms with Gasteiger partial charge in [0.05, 0.1) is 0 Å². The molecule has 0 fully saturated rings. The zero-order valence-electron chi connectivity index (χ0n) is 10.1. The number of nitrogens with zero attached hydrogens (tertiary/aromatic N) is 4. The van der Waals surface area contributed by atoms with E-state index in [0.29, 0.717) is 11.5 Å². The maximum absolute atomic E-state index is 11.4. The number of aromatic nitrogens is 4. The van der Waals surface area contributed by atoms with E-state index in [-0.39, 0.29) is 12.5 Å². The summed E-state index contributed by atoms with van der Waals surface area (Å²) in [6, 6.07) is 7.30. The zero-order valence-corrected chi connectivity index (χ0v) is 10.1. The average Bonchev–Trinajstić information content (AvgIpc) is 2.76. The Morgan fingerprint density at radius 3 is 3.00 bits per heavy atom. The Labute approximate surface area is 104 Å². The summed E-state index contributed by atoms with van der Waals surface area (Å²) in [7, 11) is 3.23. The number of ether oxygens (including phenoxy) is 1. The third-order valence-electron chi connectivity index (χ3n) is 2.30. The van der Waals surface area contributed by atoms with E-state index in [2.05, 4.69) is 20.8 Å². The molecule has 1 heterocycles. The molecule has 0 atom stereocenters. The van der Waals surface area contributed by atoms with Crippen molar-refractivity contribution in [1.29, 1.82) is 0 Å². The van der Waals surface area contributed by atoms with E-state index >= 15 is 0 Å². The minimum atomic E-state index is -0.203. The Morgan fingerprint density at radius 2 is 2.33 bits per heavy atom. The van der Waals surface area contributed by atoms with Gasteiger partial charge in [0.1, 0.15) is 6.61 Å². The van der Waals surface area contributed by atoms with Gasteiger partial charge >= 0.3 is 0 Å². The Bertz CT molecular complexity index is 552. The summed E-state index contributed by atoms with van der Waals surface area (Å²) >= 11 is 0. The van der Waals surface area contributed by atoms with Crippen LogP contribution in [-0.2, 0) is 16.6 Å². The molecule has 0 unspecified atom stereocenters. The van der Waals surface area contributed by atoms with Crippen LogP contribution in [0.5, 0.6) is 0 Å². The summed E-state index contributed by atoms with van der Waals surface area (Å²) in [6.45, 7) is 0.0236. The van der Waals surface area contributed by atoms with Crippen molar-refractivity contribution in [2.24, 2.45) is 7.05 Å². The lowest BCUT2D eigenvalue weighted by Crippen LogP contribution is -2.17. The van der Waals surface area contributed by atoms with Gasteiger partial charge in [0.2, 0.25) is 5.91 Å². The monoisotopic (exact) mass is 247 g/mol. The first-order valence-corrected chi connectivity index (χ1v) is 5.32. The van der Waals surface area contributed by atoms with Crippen molar-refractivity contribution in [1.82, 2.24) is 20.2 Å². The van der Waals surface area contributed by atoms with Gasteiger partial charge < -0.3 is 10.1 Å². The number of carbonyl (C=O) groups excluding carboxylic acids is 1. The molecule has 18 heavy (non-hydrogen) atoms. The minimum Gasteiger partial charge on any atom is -0.375 e. The lowest BCUT2D eigenvalue weighted by molar-refractivity contribution is -0.119. The molecule has 0 spiro atoms. The summed E-state index contributed by atoms with van der Waals surface area (Å²) in [6.07, 6.45) is 0. The summed E-state index contributed by atoms with van der Waals surface area (Å²) in [5.74, 6) is 0.434. The van der Waals surface area contributed by atoms with Crippen LogP contribution in [0.15, 0.2) is 24.3 Å². The predicted molar refractivity (Wildman–Crippen MR) is 64.7 cm³/mol. The molecule has 1 amide bonds. The molecule has 1 N–H and O–H groups in total. The topological polar surface area (TPSA) is 81.9 Å². The van der Waals surface area contributed by atoms with Crippen molar-refractivity contribution in [3.05, 3.63) is 24.3 Å². The number of rotatable bonds is 4. The Hall–Kier alpha value is -2.28. The van der Waals surface area contributed by atoms with Crippen LogP contribution in [0.3, 0.4) is 0 Å². The SMILES string of the molecule is COCC(=O)Nc1cccc(-c2nnnn2C)c1. The van der Waals surface area contributed by atoms with Crippen LogP contribution in [-0.4, -0.2) is 39.8 Å². The van der Waals surface area contributed by atoms with Crippen molar-refractivity contribution in [2.45, 2.75) is 0 Å². The van der Waals surface area contributed by atoms with Crippen LogP contribution in [0, 0.1) is 0 Å². The second kappa shape index (κ2) is 5.37. The summed E-state index contributed by atoms with van der Waals surface area (Å²) in [5, 5.41) is 14.0. The highest BCUT2D eigenvalue weighted by Gasteiger charge is 2.07. The summed E-state index contributed by atoms with van der Waals surface area (Å²) in [4.78, 5) is 11.4. The number of nitrogens with one attached hydrogen (secondary N) is 1. The number of aryl methyl sites for hydroxylation is 1. The molecule has 0 aliphatic heterocycles. The van der Waals surface area contributed by atoms with Crippen molar-refractivity contribution < 1.29 is 9.53 Å². The number of tetrazole rings is 1. The second-order valence-electron chi connectivity index (χ2n) is 3.69. The van der Waals surface area contributed by atoms with Gasteiger partial charge in [-0.25, -0.2) is 4.68 Å². The van der Waals surface area contributed by atoms with Gasteiger partial charge in [-0.05, 0) is 22.6 Å². The quantitative estimate of drug-likeness (QED) is 0.848. The molecule has 0 aliphatic rings. The second-order valence-corrected chi connectivity index (χ2v) is 3.69. The average molecular weight is 247 g/mol. The predicted octanol–water partition coefficient (Wildman–Crippen LogP) is 0.462. The molecule has 0 saturated heterocycles. The van der Waals surface area contributed by atoms with E-state index in [0.717, 1.165) is 5.56 Å². The molecule has 1 aromatic carbocycles. The molecule has 94 valence electrons. The standard InChI is InChI=1S/C11H13N5O2/c1-16-11(13-14-15-16)8-4-3-5-9(6-8)12-10(17)7-18-2/h3-6H,7H2,1-2H3,(H,12,17). The van der Waals surface area contributed by atoms with E-state index in [1.165, 1.54) is 7.11 Å². The van der Waals surface area contributed by atoms with Crippen LogP contribution in [0.2, 0.25) is 0 Å². The highest BCUT2D eigenvalue weighted by molar-refractivity contribution is 5.92. The molecular formula is C11H13N5O2. The first kappa shape index (κ1) is 12.2. The lowest BCUT2D eigenvalue weighted by Gasteiger charge is -2.06. The molecule has 0 saturated carbocycles. The highest BCUT2D eigenvalue weighted by Crippen LogP contribution is 2.19. The number of methoxy groups -OCH3 is 1. The number of hydrogen-bond acceptors (Lipinski definition) is 5. The van der Waals surface area contributed by atoms with E-state index in [9.17, 15) is 4.79 Å². The Balaban J connectivity index is 2.20. The van der Waals surface area contributed by atoms with Crippen molar-refractivity contribution >= 4 is 11.6 Å². The third kappa shape index (κ3) is 2.69. The third-order valence-corrected chi connectivity index (χ3v) is 2.30. The van der Waals surface area contributed by atoms with Crippen LogP contribution >= 0.6 is 0 Å². The Kier molecular flexibility index (Phi) is 3.63. The molecular weight excluding hydrogens is 234 g/mol. The van der Waals surface area contributed by atoms with Crippen LogP contribution in [0.4, 0.5) is 5.69 Å². The molecule has 7 heteroatoms. The van der Waals surface area contributed by atoms with Crippen molar-refractivity contribution in [3.63, 3.8) is 0 Å². The molecule has 7 nitrogen and oxygen atoms in total. The van der Waals surface area contributed by atoms with E-state index < -0.39 is 0 Å². The van der Waals surface area contributed by atoms with E-state index in [4.69, 9.17) is 4.74 Å². The number of benzene rings is 1. The molecule has 0 aliphatic carbocycles. The highest BCUT2D eigenvalue weighted by atomic mass is 16.5. The van der Waals surface area contributed by atoms with Gasteiger partial charge in [-0.3, -0.25) is 4.79 Å². The fraction of sp³-hybridized carbons (Fsp3) is 0.273. The normalized spacial score (nSPS) is 10.3. The van der Waals surface area contributed by atoms with Crippen LogP contribution in [0.1, 0.15) is 0 Å². The van der Waals surface area contributed by atoms with Gasteiger partial charge in [0.25, 0.3) is 0 Å². The number of carbonyl (C=O) groups is 1. The van der Waals surface area contributed by atoms with Gasteiger partial charge in [0, 0.05) is 25.4 Å². The molecule has 2 rings (SSSR count). The number of hydrogen-bond donors (Lipinski definition) is 1. The van der Waals surface area contributed by atoms with Crippen LogP contribution < -0.4 is 5.32 Å². The first-order valence-electron chi connectivity index (χ1n) is 5.32. The van der Waals surface area contributed by atoms with Gasteiger partial charge in [-0.15, -0.1) is 5.10 Å². The maximum atomic E-state index is 11.4. The fourth-order valence-corrected chi connectivity index (χ4v) is 1.54. The van der Waals surface area contributed by atoms with Crippen molar-refractivity contribution in [3.8, 4) is 11.4 Å². The fourth-order valence-electron chi connectivity index (χ4n) is 1.54. The first-order chi connectivity index (χ1) is 8.70. The molecule has 0 radical (unpaired) electrons. The zero-order chi connectivity index (χ0) is 13.0. The van der Waals surface area contributed by atoms with Crippen LogP contribution in [0.25, 0.3) is 11.4 Å².